The lowest BCUT2D eigenvalue weighted by Crippen LogP contribution is -2.43. The Labute approximate surface area is 245 Å². The number of fused-ring (bicyclic) bond motifs is 5. The van der Waals surface area contributed by atoms with E-state index in [-0.39, 0.29) is 17.4 Å². The average molecular weight is 564 g/mol. The summed E-state index contributed by atoms with van der Waals surface area (Å²) in [6.45, 7) is 13.6. The summed E-state index contributed by atoms with van der Waals surface area (Å²) in [6, 6.07) is 10.7. The molecular formula is C34H49N3O4. The second-order valence-corrected chi connectivity index (χ2v) is 12.2. The van der Waals surface area contributed by atoms with Crippen molar-refractivity contribution >= 4 is 24.3 Å². The summed E-state index contributed by atoms with van der Waals surface area (Å²) in [5.74, 6) is 1.79. The van der Waals surface area contributed by atoms with Crippen LogP contribution in [0.25, 0.3) is 0 Å². The van der Waals surface area contributed by atoms with Crippen LogP contribution >= 0.6 is 0 Å². The fraction of sp³-hybridized carbons (Fsp3) is 0.559. The van der Waals surface area contributed by atoms with Gasteiger partial charge >= 0.3 is 0 Å². The Kier molecular flexibility index (Phi) is 11.3. The fourth-order valence-corrected chi connectivity index (χ4v) is 7.64. The molecule has 0 saturated heterocycles. The van der Waals surface area contributed by atoms with E-state index in [2.05, 4.69) is 42.7 Å². The number of aliphatic hydroxyl groups excluding tert-OH is 1. The molecule has 2 aromatic rings. The van der Waals surface area contributed by atoms with Crippen LogP contribution in [-0.4, -0.2) is 42.9 Å². The first-order valence-corrected chi connectivity index (χ1v) is 15.0. The molecule has 0 bridgehead atoms. The van der Waals surface area contributed by atoms with Gasteiger partial charge in [-0.1, -0.05) is 43.7 Å². The van der Waals surface area contributed by atoms with E-state index in [4.69, 9.17) is 10.5 Å². The fourth-order valence-electron chi connectivity index (χ4n) is 7.64. The van der Waals surface area contributed by atoms with Gasteiger partial charge in [-0.25, -0.2) is 0 Å². The molecule has 3 aliphatic carbocycles. The molecule has 0 spiro atoms. The minimum Gasteiger partial charge on any atom is -0.393 e. The molecule has 0 heterocycles. The SMILES string of the molecule is C=O.CCNCCC(=O)Nc1ccc(C)c(C(N)=O)c1C.Cc1ccc2c(c1)CCC1C2CCC2(C)C(O)CCC12. The number of carbonyl (C=O) groups is 3. The molecule has 3 aliphatic rings. The first-order valence-electron chi connectivity index (χ1n) is 15.0. The summed E-state index contributed by atoms with van der Waals surface area (Å²) in [4.78, 5) is 31.1. The lowest BCUT2D eigenvalue weighted by Gasteiger charge is -2.50. The van der Waals surface area contributed by atoms with Crippen molar-refractivity contribution in [2.75, 3.05) is 18.4 Å². The average Bonchev–Trinajstić information content (AvgIpc) is 3.25. The van der Waals surface area contributed by atoms with Crippen molar-refractivity contribution in [3.63, 3.8) is 0 Å². The molecule has 224 valence electrons. The zero-order valence-electron chi connectivity index (χ0n) is 25.5. The molecule has 5 atom stereocenters. The van der Waals surface area contributed by atoms with Gasteiger partial charge in [-0.3, -0.25) is 9.59 Å². The van der Waals surface area contributed by atoms with Gasteiger partial charge in [0.05, 0.1) is 6.10 Å². The first kappa shape index (κ1) is 32.5. The maximum atomic E-state index is 11.7. The highest BCUT2D eigenvalue weighted by molar-refractivity contribution is 5.99. The van der Waals surface area contributed by atoms with Crippen LogP contribution in [0.2, 0.25) is 0 Å². The van der Waals surface area contributed by atoms with Crippen LogP contribution < -0.4 is 16.4 Å². The van der Waals surface area contributed by atoms with Crippen LogP contribution in [0.5, 0.6) is 0 Å². The van der Waals surface area contributed by atoms with Gasteiger partial charge in [0.2, 0.25) is 11.8 Å². The van der Waals surface area contributed by atoms with E-state index in [1.54, 1.807) is 30.2 Å². The van der Waals surface area contributed by atoms with Gasteiger partial charge in [0.15, 0.2) is 0 Å². The number of carbonyl (C=O) groups excluding carboxylic acids is 3. The number of nitrogens with two attached hydrogens (primary N) is 1. The molecule has 7 nitrogen and oxygen atoms in total. The molecule has 2 aromatic carbocycles. The van der Waals surface area contributed by atoms with Crippen LogP contribution in [0.15, 0.2) is 30.3 Å². The van der Waals surface area contributed by atoms with Crippen LogP contribution in [0, 0.1) is 38.0 Å². The number of nitrogens with one attached hydrogen (secondary N) is 2. The third kappa shape index (κ3) is 7.07. The van der Waals surface area contributed by atoms with Gasteiger partial charge in [-0.15, -0.1) is 0 Å². The second-order valence-electron chi connectivity index (χ2n) is 12.2. The van der Waals surface area contributed by atoms with Crippen molar-refractivity contribution in [3.05, 3.63) is 63.7 Å². The summed E-state index contributed by atoms with van der Waals surface area (Å²) in [5.41, 5.74) is 12.8. The van der Waals surface area contributed by atoms with Gasteiger partial charge < -0.3 is 26.3 Å². The van der Waals surface area contributed by atoms with Gasteiger partial charge in [-0.2, -0.15) is 0 Å². The predicted octanol–water partition coefficient (Wildman–Crippen LogP) is 5.37. The lowest BCUT2D eigenvalue weighted by molar-refractivity contribution is -0.116. The van der Waals surface area contributed by atoms with E-state index < -0.39 is 5.91 Å². The molecular weight excluding hydrogens is 514 g/mol. The number of hydrogen-bond acceptors (Lipinski definition) is 5. The highest BCUT2D eigenvalue weighted by Gasteiger charge is 2.54. The number of primary amides is 1. The minimum atomic E-state index is -0.473. The zero-order valence-corrected chi connectivity index (χ0v) is 25.5. The quantitative estimate of drug-likeness (QED) is 0.352. The Morgan fingerprint density at radius 2 is 1.80 bits per heavy atom. The monoisotopic (exact) mass is 563 g/mol. The number of hydrogen-bond donors (Lipinski definition) is 4. The molecule has 5 rings (SSSR count). The van der Waals surface area contributed by atoms with Gasteiger partial charge in [0.25, 0.3) is 0 Å². The molecule has 0 aromatic heterocycles. The van der Waals surface area contributed by atoms with Crippen LogP contribution in [-0.2, 0) is 16.0 Å². The number of anilines is 1. The minimum absolute atomic E-state index is 0.0483. The predicted molar refractivity (Wildman–Crippen MR) is 165 cm³/mol. The van der Waals surface area contributed by atoms with Crippen molar-refractivity contribution in [2.24, 2.45) is 23.0 Å². The molecule has 2 fully saturated rings. The van der Waals surface area contributed by atoms with Crippen molar-refractivity contribution in [1.82, 2.24) is 5.32 Å². The van der Waals surface area contributed by atoms with E-state index >= 15 is 0 Å². The Morgan fingerprint density at radius 3 is 2.49 bits per heavy atom. The summed E-state index contributed by atoms with van der Waals surface area (Å²) in [6.07, 6.45) is 7.72. The number of rotatable bonds is 6. The van der Waals surface area contributed by atoms with Crippen LogP contribution in [0.1, 0.15) is 96.5 Å². The Bertz CT molecular complexity index is 1230. The van der Waals surface area contributed by atoms with E-state index in [1.807, 2.05) is 20.6 Å². The number of amides is 2. The summed E-state index contributed by atoms with van der Waals surface area (Å²) < 4.78 is 0. The van der Waals surface area contributed by atoms with Gasteiger partial charge in [-0.05, 0) is 117 Å². The summed E-state index contributed by atoms with van der Waals surface area (Å²) in [5, 5.41) is 16.3. The molecule has 41 heavy (non-hydrogen) atoms. The number of benzene rings is 2. The Balaban J connectivity index is 0.000000213. The van der Waals surface area contributed by atoms with Crippen LogP contribution in [0.4, 0.5) is 5.69 Å². The van der Waals surface area contributed by atoms with E-state index in [0.717, 1.165) is 36.3 Å². The third-order valence-corrected chi connectivity index (χ3v) is 9.80. The molecule has 0 radical (unpaired) electrons. The number of aryl methyl sites for hydroxylation is 3. The first-order chi connectivity index (χ1) is 19.6. The normalized spacial score (nSPS) is 25.7. The zero-order chi connectivity index (χ0) is 30.3. The smallest absolute Gasteiger partial charge is 0.249 e. The highest BCUT2D eigenvalue weighted by Crippen LogP contribution is 2.60. The van der Waals surface area contributed by atoms with Crippen molar-refractivity contribution in [2.45, 2.75) is 91.6 Å². The number of aliphatic hydroxyl groups is 1. The van der Waals surface area contributed by atoms with Crippen LogP contribution in [0.3, 0.4) is 0 Å². The second kappa shape index (κ2) is 14.2. The van der Waals surface area contributed by atoms with Gasteiger partial charge in [0, 0.05) is 24.2 Å². The van der Waals surface area contributed by atoms with Crippen molar-refractivity contribution in [1.29, 1.82) is 0 Å². The topological polar surface area (TPSA) is 122 Å². The Hall–Kier alpha value is -3.03. The van der Waals surface area contributed by atoms with Crippen molar-refractivity contribution < 1.29 is 19.5 Å². The molecule has 7 heteroatoms. The molecule has 5 N–H and O–H groups in total. The maximum absolute atomic E-state index is 11.7. The summed E-state index contributed by atoms with van der Waals surface area (Å²) >= 11 is 0. The Morgan fingerprint density at radius 1 is 1.07 bits per heavy atom. The third-order valence-electron chi connectivity index (χ3n) is 9.80. The van der Waals surface area contributed by atoms with E-state index in [9.17, 15) is 14.7 Å². The largest absolute Gasteiger partial charge is 0.393 e. The van der Waals surface area contributed by atoms with Crippen molar-refractivity contribution in [3.8, 4) is 0 Å². The molecule has 2 saturated carbocycles. The highest BCUT2D eigenvalue weighted by atomic mass is 16.3. The molecule has 5 unspecified atom stereocenters. The molecule has 0 aliphatic heterocycles. The lowest BCUT2D eigenvalue weighted by atomic mass is 9.55. The summed E-state index contributed by atoms with van der Waals surface area (Å²) in [7, 11) is 0. The molecule has 2 amide bonds. The van der Waals surface area contributed by atoms with E-state index in [1.165, 1.54) is 37.7 Å². The maximum Gasteiger partial charge on any atom is 0.249 e. The van der Waals surface area contributed by atoms with Gasteiger partial charge in [0.1, 0.15) is 6.79 Å². The van der Waals surface area contributed by atoms with E-state index in [0.29, 0.717) is 29.8 Å². The standard InChI is InChI=1S/C19H26O.C14H21N3O2.CH2O/c1-12-3-5-14-13(11-12)4-6-16-15(14)9-10-19(2)17(16)7-8-18(19)20;1-4-16-8-7-12(18)17-11-6-5-9(2)13(10(11)3)14(15)19;1-2/h3,5,11,15-18,20H,4,6-10H2,1-2H3;5-6,16H,4,7-8H2,1-3H3,(H2,15,19)(H,17,18);1H2.